The number of alkyl halides is 2. The van der Waals surface area contributed by atoms with E-state index in [1.807, 2.05) is 6.07 Å². The standard InChI is InChI=1S/C12H10F2N2O/c13-12(14)5-9(6-12)16-11(17)10-4-2-1-3-8(10)7-15/h1-4,9H,5-6H2,(H,16,17). The Morgan fingerprint density at radius 3 is 2.65 bits per heavy atom. The van der Waals surface area contributed by atoms with Gasteiger partial charge in [0.1, 0.15) is 0 Å². The summed E-state index contributed by atoms with van der Waals surface area (Å²) < 4.78 is 25.2. The summed E-state index contributed by atoms with van der Waals surface area (Å²) in [5, 5.41) is 11.3. The molecule has 0 aliphatic heterocycles. The van der Waals surface area contributed by atoms with Crippen LogP contribution in [0.4, 0.5) is 8.78 Å². The smallest absolute Gasteiger partial charge is 0.252 e. The third-order valence-electron chi connectivity index (χ3n) is 2.72. The predicted molar refractivity (Wildman–Crippen MR) is 56.6 cm³/mol. The second-order valence-electron chi connectivity index (χ2n) is 4.09. The van der Waals surface area contributed by atoms with Gasteiger partial charge in [0.25, 0.3) is 11.8 Å². The molecule has 17 heavy (non-hydrogen) atoms. The molecular weight excluding hydrogens is 226 g/mol. The number of halogens is 2. The van der Waals surface area contributed by atoms with E-state index in [1.54, 1.807) is 12.1 Å². The summed E-state index contributed by atoms with van der Waals surface area (Å²) in [6.45, 7) is 0. The van der Waals surface area contributed by atoms with E-state index in [2.05, 4.69) is 5.32 Å². The molecule has 0 spiro atoms. The average molecular weight is 236 g/mol. The molecule has 88 valence electrons. The van der Waals surface area contributed by atoms with Crippen molar-refractivity contribution < 1.29 is 13.6 Å². The van der Waals surface area contributed by atoms with E-state index in [1.165, 1.54) is 12.1 Å². The fourth-order valence-electron chi connectivity index (χ4n) is 1.81. The van der Waals surface area contributed by atoms with Gasteiger partial charge < -0.3 is 5.32 Å². The molecule has 1 fully saturated rings. The molecular formula is C12H10F2N2O. The lowest BCUT2D eigenvalue weighted by Crippen LogP contribution is -2.50. The number of carbonyl (C=O) groups excluding carboxylic acids is 1. The van der Waals surface area contributed by atoms with E-state index in [9.17, 15) is 13.6 Å². The summed E-state index contributed by atoms with van der Waals surface area (Å²) >= 11 is 0. The molecule has 1 amide bonds. The maximum atomic E-state index is 12.6. The van der Waals surface area contributed by atoms with Crippen molar-refractivity contribution in [2.24, 2.45) is 0 Å². The van der Waals surface area contributed by atoms with Crippen LogP contribution in [0.5, 0.6) is 0 Å². The Balaban J connectivity index is 2.04. The zero-order chi connectivity index (χ0) is 12.5. The van der Waals surface area contributed by atoms with E-state index < -0.39 is 17.9 Å². The van der Waals surface area contributed by atoms with Crippen LogP contribution in [0.3, 0.4) is 0 Å². The summed E-state index contributed by atoms with van der Waals surface area (Å²) in [4.78, 5) is 11.7. The molecule has 0 bridgehead atoms. The number of nitrogens with zero attached hydrogens (tertiary/aromatic N) is 1. The number of hydrogen-bond donors (Lipinski definition) is 1. The molecule has 1 N–H and O–H groups in total. The second kappa shape index (κ2) is 4.13. The normalized spacial score (nSPS) is 17.9. The predicted octanol–water partition coefficient (Wildman–Crippen LogP) is 2.09. The minimum absolute atomic E-state index is 0.227. The summed E-state index contributed by atoms with van der Waals surface area (Å²) in [5.74, 6) is -3.13. The van der Waals surface area contributed by atoms with Crippen molar-refractivity contribution in [1.82, 2.24) is 5.32 Å². The number of hydrogen-bond acceptors (Lipinski definition) is 2. The molecule has 1 aromatic rings. The fourth-order valence-corrected chi connectivity index (χ4v) is 1.81. The number of carbonyl (C=O) groups is 1. The van der Waals surface area contributed by atoms with Crippen LogP contribution in [0.25, 0.3) is 0 Å². The van der Waals surface area contributed by atoms with Gasteiger partial charge in [0.05, 0.1) is 17.2 Å². The van der Waals surface area contributed by atoms with Gasteiger partial charge >= 0.3 is 0 Å². The van der Waals surface area contributed by atoms with E-state index in [4.69, 9.17) is 5.26 Å². The molecule has 1 aromatic carbocycles. The van der Waals surface area contributed by atoms with Crippen molar-refractivity contribution in [3.05, 3.63) is 35.4 Å². The summed E-state index contributed by atoms with van der Waals surface area (Å²) in [5.41, 5.74) is 0.473. The summed E-state index contributed by atoms with van der Waals surface area (Å²) in [7, 11) is 0. The number of benzene rings is 1. The highest BCUT2D eigenvalue weighted by atomic mass is 19.3. The van der Waals surface area contributed by atoms with Gasteiger partial charge in [0.15, 0.2) is 0 Å². The minimum atomic E-state index is -2.66. The first kappa shape index (κ1) is 11.5. The van der Waals surface area contributed by atoms with Crippen LogP contribution in [-0.4, -0.2) is 17.9 Å². The molecule has 1 aliphatic rings. The van der Waals surface area contributed by atoms with Gasteiger partial charge in [-0.3, -0.25) is 4.79 Å². The van der Waals surface area contributed by atoms with Gasteiger partial charge in [-0.05, 0) is 12.1 Å². The van der Waals surface area contributed by atoms with Gasteiger partial charge in [-0.15, -0.1) is 0 Å². The Bertz CT molecular complexity index is 486. The SMILES string of the molecule is N#Cc1ccccc1C(=O)NC1CC(F)(F)C1. The lowest BCUT2D eigenvalue weighted by atomic mass is 9.88. The Morgan fingerprint density at radius 1 is 1.41 bits per heavy atom. The minimum Gasteiger partial charge on any atom is -0.349 e. The third kappa shape index (κ3) is 2.41. The van der Waals surface area contributed by atoms with Crippen molar-refractivity contribution in [3.8, 4) is 6.07 Å². The molecule has 1 saturated carbocycles. The highest BCUT2D eigenvalue weighted by molar-refractivity contribution is 5.96. The van der Waals surface area contributed by atoms with Gasteiger partial charge in [-0.2, -0.15) is 5.26 Å². The van der Waals surface area contributed by atoms with Crippen LogP contribution in [0.15, 0.2) is 24.3 Å². The largest absolute Gasteiger partial charge is 0.349 e. The number of rotatable bonds is 2. The monoisotopic (exact) mass is 236 g/mol. The third-order valence-corrected chi connectivity index (χ3v) is 2.72. The lowest BCUT2D eigenvalue weighted by molar-refractivity contribution is -0.0901. The fraction of sp³-hybridized carbons (Fsp3) is 0.333. The number of nitrogens with one attached hydrogen (secondary N) is 1. The van der Waals surface area contributed by atoms with Crippen LogP contribution in [0.2, 0.25) is 0 Å². The molecule has 0 radical (unpaired) electrons. The van der Waals surface area contributed by atoms with E-state index >= 15 is 0 Å². The Labute approximate surface area is 97.1 Å². The van der Waals surface area contributed by atoms with Crippen molar-refractivity contribution in [1.29, 1.82) is 5.26 Å². The maximum Gasteiger partial charge on any atom is 0.252 e. The average Bonchev–Trinajstić information content (AvgIpc) is 2.26. The topological polar surface area (TPSA) is 52.9 Å². The van der Waals surface area contributed by atoms with Crippen molar-refractivity contribution in [2.75, 3.05) is 0 Å². The molecule has 0 atom stereocenters. The first-order valence-corrected chi connectivity index (χ1v) is 5.20. The molecule has 0 aromatic heterocycles. The molecule has 1 aliphatic carbocycles. The molecule has 0 unspecified atom stereocenters. The van der Waals surface area contributed by atoms with E-state index in [0.717, 1.165) is 0 Å². The van der Waals surface area contributed by atoms with Gasteiger partial charge in [-0.25, -0.2) is 8.78 Å². The maximum absolute atomic E-state index is 12.6. The van der Waals surface area contributed by atoms with Crippen molar-refractivity contribution in [2.45, 2.75) is 24.8 Å². The Hall–Kier alpha value is -1.96. The molecule has 5 heteroatoms. The molecule has 2 rings (SSSR count). The Morgan fingerprint density at radius 2 is 2.06 bits per heavy atom. The second-order valence-corrected chi connectivity index (χ2v) is 4.09. The van der Waals surface area contributed by atoms with Crippen molar-refractivity contribution in [3.63, 3.8) is 0 Å². The molecule has 0 saturated heterocycles. The van der Waals surface area contributed by atoms with Crippen LogP contribution in [0, 0.1) is 11.3 Å². The quantitative estimate of drug-likeness (QED) is 0.854. The highest BCUT2D eigenvalue weighted by Gasteiger charge is 2.46. The van der Waals surface area contributed by atoms with Crippen LogP contribution < -0.4 is 5.32 Å². The van der Waals surface area contributed by atoms with Crippen LogP contribution in [0.1, 0.15) is 28.8 Å². The molecule has 3 nitrogen and oxygen atoms in total. The zero-order valence-electron chi connectivity index (χ0n) is 8.91. The molecule has 0 heterocycles. The van der Waals surface area contributed by atoms with E-state index in [0.29, 0.717) is 0 Å². The number of amides is 1. The first-order chi connectivity index (χ1) is 8.02. The van der Waals surface area contributed by atoms with Gasteiger partial charge in [0.2, 0.25) is 0 Å². The van der Waals surface area contributed by atoms with Crippen molar-refractivity contribution >= 4 is 5.91 Å². The Kier molecular flexibility index (Phi) is 2.80. The summed E-state index contributed by atoms with van der Waals surface area (Å²) in [6, 6.07) is 7.70. The van der Waals surface area contributed by atoms with Crippen LogP contribution >= 0.6 is 0 Å². The highest BCUT2D eigenvalue weighted by Crippen LogP contribution is 2.37. The lowest BCUT2D eigenvalue weighted by Gasteiger charge is -2.35. The van der Waals surface area contributed by atoms with E-state index in [-0.39, 0.29) is 24.0 Å². The first-order valence-electron chi connectivity index (χ1n) is 5.20. The number of nitriles is 1. The summed E-state index contributed by atoms with van der Waals surface area (Å²) in [6.07, 6.45) is -0.652. The zero-order valence-corrected chi connectivity index (χ0v) is 8.91. The van der Waals surface area contributed by atoms with Gasteiger partial charge in [0, 0.05) is 18.9 Å². The van der Waals surface area contributed by atoms with Crippen LogP contribution in [-0.2, 0) is 0 Å². The van der Waals surface area contributed by atoms with Gasteiger partial charge in [-0.1, -0.05) is 12.1 Å².